The summed E-state index contributed by atoms with van der Waals surface area (Å²) in [5, 5.41) is 8.47. The van der Waals surface area contributed by atoms with E-state index in [-0.39, 0.29) is 5.41 Å². The van der Waals surface area contributed by atoms with Crippen molar-refractivity contribution >= 4 is 16.9 Å². The Kier molecular flexibility index (Phi) is 3.69. The fourth-order valence-electron chi connectivity index (χ4n) is 4.00. The Hall–Kier alpha value is -1.73. The summed E-state index contributed by atoms with van der Waals surface area (Å²) in [5.41, 5.74) is 1.47. The highest BCUT2D eigenvalue weighted by Crippen LogP contribution is 2.52. The molecule has 1 spiro atoms. The van der Waals surface area contributed by atoms with Crippen LogP contribution in [0.25, 0.3) is 11.1 Å². The first-order valence-corrected chi connectivity index (χ1v) is 8.27. The number of hydrogen-bond acceptors (Lipinski definition) is 7. The molecule has 2 aromatic rings. The van der Waals surface area contributed by atoms with Crippen LogP contribution in [0.4, 0.5) is 5.82 Å². The van der Waals surface area contributed by atoms with Crippen molar-refractivity contribution in [1.29, 1.82) is 0 Å². The Morgan fingerprint density at radius 1 is 1.35 bits per heavy atom. The minimum absolute atomic E-state index is 0.136. The number of hydrogen-bond donors (Lipinski definition) is 1. The topological polar surface area (TPSA) is 82.3 Å². The molecule has 1 aliphatic heterocycles. The summed E-state index contributed by atoms with van der Waals surface area (Å²) in [7, 11) is 0. The van der Waals surface area contributed by atoms with E-state index in [1.807, 2.05) is 6.92 Å². The molecule has 23 heavy (non-hydrogen) atoms. The van der Waals surface area contributed by atoms with Gasteiger partial charge in [0, 0.05) is 31.3 Å². The third-order valence-electron chi connectivity index (χ3n) is 5.33. The molecule has 1 aliphatic carbocycles. The van der Waals surface area contributed by atoms with Crippen LogP contribution in [0.2, 0.25) is 0 Å². The SMILES string of the molecule is CCO[C@H]1C[C@@H](Nc2ncnc3onc(C)c23)C12CCOCC2. The average Bonchev–Trinajstić information content (AvgIpc) is 2.97. The number of aryl methyl sites for hydroxylation is 1. The van der Waals surface area contributed by atoms with Crippen molar-refractivity contribution in [2.24, 2.45) is 5.41 Å². The van der Waals surface area contributed by atoms with Gasteiger partial charge in [-0.1, -0.05) is 5.16 Å². The summed E-state index contributed by atoms with van der Waals surface area (Å²) >= 11 is 0. The fraction of sp³-hybridized carbons (Fsp3) is 0.688. The number of rotatable bonds is 4. The second-order valence-corrected chi connectivity index (χ2v) is 6.39. The maximum Gasteiger partial charge on any atom is 0.263 e. The van der Waals surface area contributed by atoms with Crippen LogP contribution in [-0.2, 0) is 9.47 Å². The van der Waals surface area contributed by atoms with Crippen molar-refractivity contribution in [2.75, 3.05) is 25.1 Å². The van der Waals surface area contributed by atoms with Gasteiger partial charge >= 0.3 is 0 Å². The molecule has 1 saturated heterocycles. The summed E-state index contributed by atoms with van der Waals surface area (Å²) in [5.74, 6) is 0.805. The van der Waals surface area contributed by atoms with Crippen LogP contribution < -0.4 is 5.32 Å². The third kappa shape index (κ3) is 2.30. The lowest BCUT2D eigenvalue weighted by molar-refractivity contribution is -0.159. The van der Waals surface area contributed by atoms with Gasteiger partial charge in [0.25, 0.3) is 5.71 Å². The fourth-order valence-corrected chi connectivity index (χ4v) is 4.00. The van der Waals surface area contributed by atoms with E-state index in [4.69, 9.17) is 14.0 Å². The minimum atomic E-state index is 0.136. The molecule has 1 N–H and O–H groups in total. The first-order chi connectivity index (χ1) is 11.2. The van der Waals surface area contributed by atoms with Crippen molar-refractivity contribution in [1.82, 2.24) is 15.1 Å². The number of nitrogens with one attached hydrogen (secondary N) is 1. The monoisotopic (exact) mass is 318 g/mol. The number of anilines is 1. The van der Waals surface area contributed by atoms with Crippen LogP contribution in [0.1, 0.15) is 31.9 Å². The van der Waals surface area contributed by atoms with Crippen molar-refractivity contribution in [2.45, 2.75) is 45.3 Å². The van der Waals surface area contributed by atoms with Crippen LogP contribution in [0.5, 0.6) is 0 Å². The summed E-state index contributed by atoms with van der Waals surface area (Å²) in [6.07, 6.45) is 4.85. The molecular weight excluding hydrogens is 296 g/mol. The van der Waals surface area contributed by atoms with Gasteiger partial charge in [0.05, 0.1) is 11.8 Å². The van der Waals surface area contributed by atoms with E-state index in [1.54, 1.807) is 0 Å². The van der Waals surface area contributed by atoms with E-state index in [1.165, 1.54) is 6.33 Å². The first-order valence-electron chi connectivity index (χ1n) is 8.27. The second kappa shape index (κ2) is 5.72. The highest BCUT2D eigenvalue weighted by molar-refractivity contribution is 5.87. The molecule has 0 aromatic carbocycles. The molecule has 2 fully saturated rings. The zero-order valence-corrected chi connectivity index (χ0v) is 13.5. The Balaban J connectivity index is 1.61. The standard InChI is InChI=1S/C16H22N4O3/c1-3-22-12-8-11(16(12)4-6-21-7-5-16)19-14-13-10(2)20-23-15(13)18-9-17-14/h9,11-12H,3-8H2,1-2H3,(H,17,18,19)/t11-,12+/m1/s1. The Morgan fingerprint density at radius 2 is 2.17 bits per heavy atom. The highest BCUT2D eigenvalue weighted by atomic mass is 16.5. The molecular formula is C16H22N4O3. The largest absolute Gasteiger partial charge is 0.381 e. The van der Waals surface area contributed by atoms with Gasteiger partial charge < -0.3 is 19.3 Å². The van der Waals surface area contributed by atoms with Gasteiger partial charge in [-0.15, -0.1) is 0 Å². The normalized spacial score (nSPS) is 26.3. The van der Waals surface area contributed by atoms with E-state index in [0.29, 0.717) is 17.9 Å². The molecule has 3 heterocycles. The van der Waals surface area contributed by atoms with E-state index < -0.39 is 0 Å². The molecule has 7 heteroatoms. The Labute approximate surface area is 134 Å². The predicted molar refractivity (Wildman–Crippen MR) is 84.3 cm³/mol. The van der Waals surface area contributed by atoms with Crippen molar-refractivity contribution in [3.8, 4) is 0 Å². The van der Waals surface area contributed by atoms with Crippen molar-refractivity contribution in [3.63, 3.8) is 0 Å². The van der Waals surface area contributed by atoms with E-state index in [0.717, 1.165) is 56.0 Å². The number of fused-ring (bicyclic) bond motifs is 1. The lowest BCUT2D eigenvalue weighted by Crippen LogP contribution is -2.63. The lowest BCUT2D eigenvalue weighted by Gasteiger charge is -2.57. The van der Waals surface area contributed by atoms with Crippen LogP contribution in [0, 0.1) is 12.3 Å². The van der Waals surface area contributed by atoms with Crippen LogP contribution >= 0.6 is 0 Å². The number of aromatic nitrogens is 3. The molecule has 7 nitrogen and oxygen atoms in total. The molecule has 2 atom stereocenters. The van der Waals surface area contributed by atoms with Gasteiger partial charge in [0.1, 0.15) is 17.5 Å². The maximum atomic E-state index is 5.98. The summed E-state index contributed by atoms with van der Waals surface area (Å²) < 4.78 is 16.8. The molecule has 1 saturated carbocycles. The summed E-state index contributed by atoms with van der Waals surface area (Å²) in [6.45, 7) is 6.32. The number of nitrogens with zero attached hydrogens (tertiary/aromatic N) is 3. The van der Waals surface area contributed by atoms with Crippen molar-refractivity contribution in [3.05, 3.63) is 12.0 Å². The van der Waals surface area contributed by atoms with E-state index in [2.05, 4.69) is 27.4 Å². The van der Waals surface area contributed by atoms with Crippen LogP contribution in [0.15, 0.2) is 10.9 Å². The van der Waals surface area contributed by atoms with Gasteiger partial charge in [-0.05, 0) is 33.1 Å². The zero-order chi connectivity index (χ0) is 15.9. The molecule has 124 valence electrons. The summed E-state index contributed by atoms with van der Waals surface area (Å²) in [6, 6.07) is 0.329. The Morgan fingerprint density at radius 3 is 2.96 bits per heavy atom. The number of ether oxygens (including phenoxy) is 2. The average molecular weight is 318 g/mol. The molecule has 2 aromatic heterocycles. The van der Waals surface area contributed by atoms with Crippen LogP contribution in [0.3, 0.4) is 0 Å². The zero-order valence-electron chi connectivity index (χ0n) is 13.5. The molecule has 2 aliphatic rings. The van der Waals surface area contributed by atoms with Crippen LogP contribution in [-0.4, -0.2) is 47.1 Å². The molecule has 0 radical (unpaired) electrons. The lowest BCUT2D eigenvalue weighted by atomic mass is 9.57. The molecule has 4 rings (SSSR count). The molecule has 0 amide bonds. The van der Waals surface area contributed by atoms with Gasteiger partial charge in [-0.2, -0.15) is 4.98 Å². The van der Waals surface area contributed by atoms with Crippen molar-refractivity contribution < 1.29 is 14.0 Å². The van der Waals surface area contributed by atoms with Gasteiger partial charge in [0.15, 0.2) is 0 Å². The molecule has 0 bridgehead atoms. The second-order valence-electron chi connectivity index (χ2n) is 6.39. The van der Waals surface area contributed by atoms with E-state index >= 15 is 0 Å². The quantitative estimate of drug-likeness (QED) is 0.926. The predicted octanol–water partition coefficient (Wildman–Crippen LogP) is 2.31. The minimum Gasteiger partial charge on any atom is -0.381 e. The Bertz CT molecular complexity index is 696. The first kappa shape index (κ1) is 14.8. The van der Waals surface area contributed by atoms with Gasteiger partial charge in [-0.3, -0.25) is 0 Å². The smallest absolute Gasteiger partial charge is 0.263 e. The van der Waals surface area contributed by atoms with Gasteiger partial charge in [0.2, 0.25) is 0 Å². The summed E-state index contributed by atoms with van der Waals surface area (Å²) in [4.78, 5) is 8.55. The maximum absolute atomic E-state index is 5.98. The van der Waals surface area contributed by atoms with Gasteiger partial charge in [-0.25, -0.2) is 4.98 Å². The molecule has 0 unspecified atom stereocenters. The van der Waals surface area contributed by atoms with E-state index in [9.17, 15) is 0 Å². The highest BCUT2D eigenvalue weighted by Gasteiger charge is 2.56. The third-order valence-corrected chi connectivity index (χ3v) is 5.33.